The zero-order chi connectivity index (χ0) is 21.9. The number of benzene rings is 1. The Kier molecular flexibility index (Phi) is 9.69. The van der Waals surface area contributed by atoms with E-state index in [-0.39, 0.29) is 25.0 Å². The van der Waals surface area contributed by atoms with E-state index in [9.17, 15) is 9.59 Å². The van der Waals surface area contributed by atoms with Crippen LogP contribution in [0.2, 0.25) is 0 Å². The van der Waals surface area contributed by atoms with Gasteiger partial charge in [-0.25, -0.2) is 0 Å². The van der Waals surface area contributed by atoms with Crippen molar-refractivity contribution >= 4 is 23.3 Å². The molecule has 1 N–H and O–H groups in total. The number of esters is 1. The van der Waals surface area contributed by atoms with Gasteiger partial charge >= 0.3 is 5.97 Å². The number of ether oxygens (including phenoxy) is 4. The van der Waals surface area contributed by atoms with Crippen LogP contribution >= 0.6 is 0 Å². The lowest BCUT2D eigenvalue weighted by molar-refractivity contribution is -0.144. The summed E-state index contributed by atoms with van der Waals surface area (Å²) in [5, 5.41) is 2.88. The number of nitrogens with one attached hydrogen (secondary N) is 1. The number of anilines is 2. The normalized spacial score (nSPS) is 13.8. The van der Waals surface area contributed by atoms with Crippen LogP contribution in [0.1, 0.15) is 20.8 Å². The lowest BCUT2D eigenvalue weighted by Crippen LogP contribution is -2.36. The van der Waals surface area contributed by atoms with Gasteiger partial charge in [-0.1, -0.05) is 0 Å². The van der Waals surface area contributed by atoms with Crippen molar-refractivity contribution in [3.05, 3.63) is 12.1 Å². The number of amides is 1. The van der Waals surface area contributed by atoms with Crippen LogP contribution in [-0.4, -0.2) is 83.0 Å². The van der Waals surface area contributed by atoms with Crippen molar-refractivity contribution in [1.29, 1.82) is 0 Å². The summed E-state index contributed by atoms with van der Waals surface area (Å²) in [7, 11) is 1.69. The number of nitrogens with zero attached hydrogens (tertiary/aromatic N) is 2. The van der Waals surface area contributed by atoms with Crippen LogP contribution in [0.4, 0.5) is 11.4 Å². The number of carbonyl (C=O) groups is 2. The van der Waals surface area contributed by atoms with Crippen molar-refractivity contribution in [3.63, 3.8) is 0 Å². The topological polar surface area (TPSA) is 89.6 Å². The Bertz CT molecular complexity index is 706. The third-order valence-electron chi connectivity index (χ3n) is 4.40. The van der Waals surface area contributed by atoms with Gasteiger partial charge in [-0.3, -0.25) is 14.5 Å². The molecule has 1 fully saturated rings. The van der Waals surface area contributed by atoms with Gasteiger partial charge < -0.3 is 29.2 Å². The van der Waals surface area contributed by atoms with Gasteiger partial charge in [0.05, 0.1) is 57.5 Å². The Labute approximate surface area is 178 Å². The van der Waals surface area contributed by atoms with Crippen LogP contribution in [0.15, 0.2) is 12.1 Å². The van der Waals surface area contributed by atoms with E-state index in [1.807, 2.05) is 19.9 Å². The summed E-state index contributed by atoms with van der Waals surface area (Å²) in [4.78, 5) is 27.9. The van der Waals surface area contributed by atoms with Gasteiger partial charge in [-0.15, -0.1) is 0 Å². The highest BCUT2D eigenvalue weighted by Crippen LogP contribution is 2.39. The van der Waals surface area contributed by atoms with Crippen molar-refractivity contribution < 1.29 is 28.5 Å². The fraction of sp³-hybridized carbons (Fsp3) is 0.619. The molecular weight excluding hydrogens is 390 g/mol. The quantitative estimate of drug-likeness (QED) is 0.539. The van der Waals surface area contributed by atoms with Crippen LogP contribution in [-0.2, 0) is 19.1 Å². The summed E-state index contributed by atoms with van der Waals surface area (Å²) < 4.78 is 22.0. The average molecular weight is 424 g/mol. The lowest BCUT2D eigenvalue weighted by atomic mass is 10.2. The minimum atomic E-state index is -0.365. The molecule has 9 heteroatoms. The largest absolute Gasteiger partial charge is 0.492 e. The molecule has 0 radical (unpaired) electrons. The van der Waals surface area contributed by atoms with Gasteiger partial charge in [0.25, 0.3) is 0 Å². The van der Waals surface area contributed by atoms with Crippen LogP contribution < -0.4 is 19.7 Å². The number of likely N-dealkylation sites (N-methyl/N-ethyl adjacent to an activating group) is 1. The van der Waals surface area contributed by atoms with E-state index in [0.29, 0.717) is 50.2 Å². The van der Waals surface area contributed by atoms with Crippen molar-refractivity contribution in [2.45, 2.75) is 20.8 Å². The summed E-state index contributed by atoms with van der Waals surface area (Å²) in [6.45, 7) is 9.74. The van der Waals surface area contributed by atoms with E-state index in [0.717, 1.165) is 18.8 Å². The predicted octanol–water partition coefficient (Wildman–Crippen LogP) is 1.75. The molecule has 1 amide bonds. The molecule has 0 saturated carbocycles. The predicted molar refractivity (Wildman–Crippen MR) is 115 cm³/mol. The number of hydrogen-bond acceptors (Lipinski definition) is 8. The molecule has 1 saturated heterocycles. The molecular formula is C21H33N3O6. The van der Waals surface area contributed by atoms with Gasteiger partial charge in [0.15, 0.2) is 0 Å². The maximum atomic E-state index is 12.5. The number of rotatable bonds is 11. The highest BCUT2D eigenvalue weighted by atomic mass is 16.5. The monoisotopic (exact) mass is 423 g/mol. The van der Waals surface area contributed by atoms with E-state index < -0.39 is 0 Å². The second-order valence-electron chi connectivity index (χ2n) is 6.81. The Balaban J connectivity index is 2.17. The number of carbonyl (C=O) groups excluding carboxylic acids is 2. The van der Waals surface area contributed by atoms with Crippen LogP contribution in [0.25, 0.3) is 0 Å². The first-order chi connectivity index (χ1) is 14.5. The van der Waals surface area contributed by atoms with Crippen molar-refractivity contribution in [1.82, 2.24) is 4.90 Å². The molecule has 0 unspecified atom stereocenters. The molecule has 0 bridgehead atoms. The van der Waals surface area contributed by atoms with Crippen LogP contribution in [0.3, 0.4) is 0 Å². The van der Waals surface area contributed by atoms with Gasteiger partial charge in [0.1, 0.15) is 11.5 Å². The van der Waals surface area contributed by atoms with E-state index in [1.165, 1.54) is 0 Å². The highest BCUT2D eigenvalue weighted by molar-refractivity contribution is 5.95. The standard InChI is InChI=1S/C21H33N3O6/c1-5-28-18-13-17(24-8-10-27-11-9-24)19(29-6-2)12-16(18)22-20(25)14-23(4)15-21(26)30-7-3/h12-13H,5-11,14-15H2,1-4H3,(H,22,25). The van der Waals surface area contributed by atoms with Crippen LogP contribution in [0, 0.1) is 0 Å². The molecule has 0 atom stereocenters. The van der Waals surface area contributed by atoms with E-state index in [1.54, 1.807) is 24.9 Å². The first-order valence-corrected chi connectivity index (χ1v) is 10.4. The zero-order valence-electron chi connectivity index (χ0n) is 18.4. The van der Waals surface area contributed by atoms with Gasteiger partial charge in [0, 0.05) is 25.2 Å². The molecule has 168 valence electrons. The Hall–Kier alpha value is -2.52. The van der Waals surface area contributed by atoms with Gasteiger partial charge in [0.2, 0.25) is 5.91 Å². The Morgan fingerprint density at radius 1 is 1.03 bits per heavy atom. The van der Waals surface area contributed by atoms with Gasteiger partial charge in [-0.05, 0) is 27.8 Å². The van der Waals surface area contributed by atoms with E-state index in [4.69, 9.17) is 18.9 Å². The third-order valence-corrected chi connectivity index (χ3v) is 4.40. The van der Waals surface area contributed by atoms with Crippen molar-refractivity contribution in [3.8, 4) is 11.5 Å². The van der Waals surface area contributed by atoms with E-state index >= 15 is 0 Å². The Morgan fingerprint density at radius 3 is 2.33 bits per heavy atom. The minimum Gasteiger partial charge on any atom is -0.492 e. The average Bonchev–Trinajstić information content (AvgIpc) is 2.70. The maximum Gasteiger partial charge on any atom is 0.320 e. The van der Waals surface area contributed by atoms with Gasteiger partial charge in [-0.2, -0.15) is 0 Å². The van der Waals surface area contributed by atoms with Crippen LogP contribution in [0.5, 0.6) is 11.5 Å². The first kappa shape index (κ1) is 23.8. The third kappa shape index (κ3) is 7.07. The summed E-state index contributed by atoms with van der Waals surface area (Å²) in [6, 6.07) is 3.69. The zero-order valence-corrected chi connectivity index (χ0v) is 18.4. The fourth-order valence-corrected chi connectivity index (χ4v) is 3.16. The minimum absolute atomic E-state index is 0.0412. The molecule has 0 aliphatic carbocycles. The summed E-state index contributed by atoms with van der Waals surface area (Å²) >= 11 is 0. The molecule has 1 aliphatic heterocycles. The summed E-state index contributed by atoms with van der Waals surface area (Å²) in [6.07, 6.45) is 0. The SMILES string of the molecule is CCOC(=O)CN(C)CC(=O)Nc1cc(OCC)c(N2CCOCC2)cc1OCC. The molecule has 1 aromatic rings. The second-order valence-corrected chi connectivity index (χ2v) is 6.81. The summed E-state index contributed by atoms with van der Waals surface area (Å²) in [5.41, 5.74) is 1.45. The van der Waals surface area contributed by atoms with Crippen molar-refractivity contribution in [2.24, 2.45) is 0 Å². The smallest absolute Gasteiger partial charge is 0.320 e. The van der Waals surface area contributed by atoms with E-state index in [2.05, 4.69) is 10.2 Å². The molecule has 0 aromatic heterocycles. The molecule has 2 rings (SSSR count). The fourth-order valence-electron chi connectivity index (χ4n) is 3.16. The molecule has 30 heavy (non-hydrogen) atoms. The van der Waals surface area contributed by atoms with Crippen molar-refractivity contribution in [2.75, 3.05) is 76.5 Å². The number of morpholine rings is 1. The molecule has 9 nitrogen and oxygen atoms in total. The first-order valence-electron chi connectivity index (χ1n) is 10.4. The molecule has 1 aliphatic rings. The second kappa shape index (κ2) is 12.2. The number of hydrogen-bond donors (Lipinski definition) is 1. The highest BCUT2D eigenvalue weighted by Gasteiger charge is 2.21. The maximum absolute atomic E-state index is 12.5. The molecule has 1 heterocycles. The molecule has 1 aromatic carbocycles. The lowest BCUT2D eigenvalue weighted by Gasteiger charge is -2.31. The molecule has 0 spiro atoms. The Morgan fingerprint density at radius 2 is 1.70 bits per heavy atom. The summed E-state index contributed by atoms with van der Waals surface area (Å²) in [5.74, 6) is 0.627.